The lowest BCUT2D eigenvalue weighted by Gasteiger charge is -2.20. The molecule has 0 unspecified atom stereocenters. The number of carbonyl (C=O) groups excluding carboxylic acids is 1. The third kappa shape index (κ3) is 4.41. The Hall–Kier alpha value is -2.75. The van der Waals surface area contributed by atoms with Gasteiger partial charge in [0.2, 0.25) is 0 Å². The van der Waals surface area contributed by atoms with Crippen molar-refractivity contribution in [2.75, 3.05) is 6.61 Å². The van der Waals surface area contributed by atoms with E-state index in [1.807, 2.05) is 57.2 Å². The summed E-state index contributed by atoms with van der Waals surface area (Å²) in [7, 11) is 0. The number of ether oxygens (including phenoxy) is 1. The van der Waals surface area contributed by atoms with E-state index in [-0.39, 0.29) is 18.1 Å². The summed E-state index contributed by atoms with van der Waals surface area (Å²) in [5.41, 5.74) is 2.08. The van der Waals surface area contributed by atoms with Crippen molar-refractivity contribution in [2.45, 2.75) is 32.9 Å². The van der Waals surface area contributed by atoms with Crippen LogP contribution in [0.3, 0.4) is 0 Å². The maximum absolute atomic E-state index is 12.0. The lowest BCUT2D eigenvalue weighted by Crippen LogP contribution is -2.43. The summed E-state index contributed by atoms with van der Waals surface area (Å²) in [4.78, 5) is 12.0. The van der Waals surface area contributed by atoms with E-state index in [4.69, 9.17) is 4.74 Å². The molecule has 0 aliphatic rings. The van der Waals surface area contributed by atoms with Crippen LogP contribution in [-0.2, 0) is 11.3 Å². The zero-order valence-corrected chi connectivity index (χ0v) is 15.0. The van der Waals surface area contributed by atoms with Gasteiger partial charge in [-0.1, -0.05) is 36.4 Å². The number of amides is 1. The monoisotopic (exact) mass is 336 g/mol. The molecule has 130 valence electrons. The normalized spacial score (nSPS) is 11.5. The summed E-state index contributed by atoms with van der Waals surface area (Å²) >= 11 is 0. The van der Waals surface area contributed by atoms with Crippen LogP contribution in [0, 0.1) is 0 Å². The molecule has 4 nitrogen and oxygen atoms in total. The third-order valence-corrected chi connectivity index (χ3v) is 3.84. The molecule has 0 fully saturated rings. The van der Waals surface area contributed by atoms with Gasteiger partial charge in [0.25, 0.3) is 5.91 Å². The molecule has 4 heteroatoms. The minimum absolute atomic E-state index is 0.0141. The van der Waals surface area contributed by atoms with Crippen LogP contribution in [0.2, 0.25) is 0 Å². The molecular weight excluding hydrogens is 312 g/mol. The minimum Gasteiger partial charge on any atom is -0.483 e. The topological polar surface area (TPSA) is 43.3 Å². The Morgan fingerprint density at radius 3 is 2.52 bits per heavy atom. The molecule has 2 aromatic carbocycles. The van der Waals surface area contributed by atoms with Crippen molar-refractivity contribution in [1.82, 2.24) is 9.88 Å². The maximum Gasteiger partial charge on any atom is 0.258 e. The maximum atomic E-state index is 12.0. The number of hydrogen-bond acceptors (Lipinski definition) is 2. The number of benzene rings is 2. The number of rotatable bonds is 5. The highest BCUT2D eigenvalue weighted by atomic mass is 16.5. The van der Waals surface area contributed by atoms with E-state index in [2.05, 4.69) is 34.3 Å². The number of nitrogens with one attached hydrogen (secondary N) is 1. The van der Waals surface area contributed by atoms with Crippen LogP contribution < -0.4 is 10.1 Å². The van der Waals surface area contributed by atoms with Crippen molar-refractivity contribution in [1.29, 1.82) is 0 Å². The molecule has 1 amide bonds. The highest BCUT2D eigenvalue weighted by Crippen LogP contribution is 2.27. The van der Waals surface area contributed by atoms with Gasteiger partial charge >= 0.3 is 0 Å². The summed E-state index contributed by atoms with van der Waals surface area (Å²) in [5, 5.41) is 3.92. The van der Waals surface area contributed by atoms with E-state index < -0.39 is 0 Å². The zero-order chi connectivity index (χ0) is 17.9. The molecule has 0 saturated heterocycles. The molecule has 0 atom stereocenters. The summed E-state index contributed by atoms with van der Waals surface area (Å²) in [6.45, 7) is 6.68. The predicted octanol–water partition coefficient (Wildman–Crippen LogP) is 3.98. The van der Waals surface area contributed by atoms with E-state index in [9.17, 15) is 4.79 Å². The molecule has 1 aromatic heterocycles. The highest BCUT2D eigenvalue weighted by Gasteiger charge is 2.15. The first-order valence-corrected chi connectivity index (χ1v) is 8.48. The Kier molecular flexibility index (Phi) is 4.79. The SMILES string of the molecule is CC(C)(C)NC(=O)COc1cccc2c1ccn2Cc1ccccc1. The molecule has 0 bridgehead atoms. The summed E-state index contributed by atoms with van der Waals surface area (Å²) in [6.07, 6.45) is 2.06. The van der Waals surface area contributed by atoms with Gasteiger partial charge in [0.1, 0.15) is 5.75 Å². The number of nitrogens with zero attached hydrogens (tertiary/aromatic N) is 1. The molecule has 0 aliphatic carbocycles. The Morgan fingerprint density at radius 2 is 1.80 bits per heavy atom. The van der Waals surface area contributed by atoms with Gasteiger partial charge in [-0.05, 0) is 44.5 Å². The van der Waals surface area contributed by atoms with E-state index in [0.29, 0.717) is 0 Å². The number of fused-ring (bicyclic) bond motifs is 1. The Labute approximate surface area is 148 Å². The molecular formula is C21H24N2O2. The zero-order valence-electron chi connectivity index (χ0n) is 15.0. The third-order valence-electron chi connectivity index (χ3n) is 3.84. The molecule has 0 saturated carbocycles. The molecule has 0 radical (unpaired) electrons. The Balaban J connectivity index is 1.76. The van der Waals surface area contributed by atoms with E-state index in [1.165, 1.54) is 5.56 Å². The lowest BCUT2D eigenvalue weighted by atomic mass is 10.1. The van der Waals surface area contributed by atoms with Gasteiger partial charge in [-0.2, -0.15) is 0 Å². The molecule has 0 aliphatic heterocycles. The van der Waals surface area contributed by atoms with Gasteiger partial charge in [-0.15, -0.1) is 0 Å². The molecule has 25 heavy (non-hydrogen) atoms. The second kappa shape index (κ2) is 7.01. The van der Waals surface area contributed by atoms with Gasteiger partial charge in [0, 0.05) is 23.7 Å². The Morgan fingerprint density at radius 1 is 1.04 bits per heavy atom. The number of aromatic nitrogens is 1. The van der Waals surface area contributed by atoms with E-state index >= 15 is 0 Å². The van der Waals surface area contributed by atoms with Crippen molar-refractivity contribution in [3.05, 3.63) is 66.4 Å². The van der Waals surface area contributed by atoms with Crippen LogP contribution in [-0.4, -0.2) is 22.6 Å². The average Bonchev–Trinajstić information content (AvgIpc) is 2.96. The molecule has 1 N–H and O–H groups in total. The van der Waals surface area contributed by atoms with Crippen molar-refractivity contribution in [3.63, 3.8) is 0 Å². The lowest BCUT2D eigenvalue weighted by molar-refractivity contribution is -0.124. The van der Waals surface area contributed by atoms with Crippen LogP contribution >= 0.6 is 0 Å². The largest absolute Gasteiger partial charge is 0.483 e. The predicted molar refractivity (Wildman–Crippen MR) is 101 cm³/mol. The van der Waals surface area contributed by atoms with E-state index in [0.717, 1.165) is 23.2 Å². The van der Waals surface area contributed by atoms with Crippen LogP contribution in [0.4, 0.5) is 0 Å². The number of hydrogen-bond donors (Lipinski definition) is 1. The second-order valence-corrected chi connectivity index (χ2v) is 7.21. The van der Waals surface area contributed by atoms with Crippen LogP contribution in [0.15, 0.2) is 60.8 Å². The standard InChI is InChI=1S/C21H24N2O2/c1-21(2,3)22-20(24)15-25-19-11-7-10-18-17(19)12-13-23(18)14-16-8-5-4-6-9-16/h4-13H,14-15H2,1-3H3,(H,22,24). The summed E-state index contributed by atoms with van der Waals surface area (Å²) < 4.78 is 7.95. The summed E-state index contributed by atoms with van der Waals surface area (Å²) in [5.74, 6) is 0.613. The van der Waals surface area contributed by atoms with Gasteiger partial charge in [-0.25, -0.2) is 0 Å². The fourth-order valence-corrected chi connectivity index (χ4v) is 2.84. The van der Waals surface area contributed by atoms with Crippen molar-refractivity contribution < 1.29 is 9.53 Å². The first-order valence-electron chi connectivity index (χ1n) is 8.48. The molecule has 3 aromatic rings. The summed E-state index contributed by atoms with van der Waals surface area (Å²) in [6, 6.07) is 18.3. The average molecular weight is 336 g/mol. The van der Waals surface area contributed by atoms with Crippen LogP contribution in [0.5, 0.6) is 5.75 Å². The van der Waals surface area contributed by atoms with Gasteiger partial charge in [0.05, 0.1) is 5.52 Å². The fourth-order valence-electron chi connectivity index (χ4n) is 2.84. The molecule has 1 heterocycles. The van der Waals surface area contributed by atoms with Crippen LogP contribution in [0.1, 0.15) is 26.3 Å². The number of carbonyl (C=O) groups is 1. The fraction of sp³-hybridized carbons (Fsp3) is 0.286. The minimum atomic E-state index is -0.258. The first-order chi connectivity index (χ1) is 11.9. The van der Waals surface area contributed by atoms with Crippen molar-refractivity contribution in [3.8, 4) is 5.75 Å². The quantitative estimate of drug-likeness (QED) is 0.766. The Bertz CT molecular complexity index is 860. The molecule has 0 spiro atoms. The highest BCUT2D eigenvalue weighted by molar-refractivity contribution is 5.87. The van der Waals surface area contributed by atoms with Crippen molar-refractivity contribution >= 4 is 16.8 Å². The van der Waals surface area contributed by atoms with Gasteiger partial charge in [0.15, 0.2) is 6.61 Å². The second-order valence-electron chi connectivity index (χ2n) is 7.21. The van der Waals surface area contributed by atoms with Crippen LogP contribution in [0.25, 0.3) is 10.9 Å². The van der Waals surface area contributed by atoms with Gasteiger partial charge in [-0.3, -0.25) is 4.79 Å². The smallest absolute Gasteiger partial charge is 0.258 e. The molecule has 3 rings (SSSR count). The first kappa shape index (κ1) is 17.1. The van der Waals surface area contributed by atoms with E-state index in [1.54, 1.807) is 0 Å². The van der Waals surface area contributed by atoms with Gasteiger partial charge < -0.3 is 14.6 Å². The van der Waals surface area contributed by atoms with Crippen molar-refractivity contribution in [2.24, 2.45) is 0 Å².